The van der Waals surface area contributed by atoms with Gasteiger partial charge < -0.3 is 25.1 Å². The van der Waals surface area contributed by atoms with E-state index in [1.807, 2.05) is 0 Å². The number of imidazole rings is 1. The Bertz CT molecular complexity index is 824. The molecule has 4 rings (SSSR count). The molecule has 0 aromatic carbocycles. The predicted octanol–water partition coefficient (Wildman–Crippen LogP) is 0.00830. The van der Waals surface area contributed by atoms with Crippen LogP contribution in [0.15, 0.2) is 12.7 Å². The monoisotopic (exact) mass is 380 g/mol. The Morgan fingerprint density at radius 1 is 1.30 bits per heavy atom. The van der Waals surface area contributed by atoms with Gasteiger partial charge in [-0.05, 0) is 12.8 Å². The minimum atomic E-state index is -1.34. The van der Waals surface area contributed by atoms with Crippen LogP contribution in [0.25, 0.3) is 11.2 Å². The van der Waals surface area contributed by atoms with Crippen molar-refractivity contribution < 1.29 is 24.9 Å². The van der Waals surface area contributed by atoms with Crippen LogP contribution >= 0.6 is 0 Å². The van der Waals surface area contributed by atoms with Crippen LogP contribution in [0.4, 0.5) is 5.82 Å². The zero-order valence-electron chi connectivity index (χ0n) is 14.3. The smallest absolute Gasteiger partial charge is 0.294 e. The molecular weight excluding hydrogens is 360 g/mol. The molecule has 12 heteroatoms. The number of rotatable bonds is 6. The molecule has 3 heterocycles. The Balaban J connectivity index is 1.62. The van der Waals surface area contributed by atoms with Gasteiger partial charge in [-0.1, -0.05) is 12.8 Å². The third-order valence-corrected chi connectivity index (χ3v) is 5.02. The summed E-state index contributed by atoms with van der Waals surface area (Å²) in [6.45, 7) is -0.488. The lowest BCUT2D eigenvalue weighted by Crippen LogP contribution is -2.34. The number of nitrogens with zero attached hydrogens (tertiary/aromatic N) is 5. The summed E-state index contributed by atoms with van der Waals surface area (Å²) in [4.78, 5) is 27.3. The van der Waals surface area contributed by atoms with E-state index in [0.717, 1.165) is 25.7 Å². The maximum absolute atomic E-state index is 10.4. The van der Waals surface area contributed by atoms with Crippen LogP contribution in [0.5, 0.6) is 0 Å². The molecule has 2 aliphatic rings. The van der Waals surface area contributed by atoms with E-state index >= 15 is 0 Å². The molecule has 2 fully saturated rings. The van der Waals surface area contributed by atoms with Crippen molar-refractivity contribution >= 4 is 17.0 Å². The second-order valence-electron chi connectivity index (χ2n) is 6.74. The van der Waals surface area contributed by atoms with Crippen molar-refractivity contribution in [1.29, 1.82) is 0 Å². The largest absolute Gasteiger partial charge is 0.387 e. The molecule has 0 amide bonds. The standard InChI is InChI=1S/C15H20N6O6/c22-11-9(5-26-21(24)25)27-15(12(11)23)20-7-18-13-10(20)14(17-6-16-13)19-8-3-1-2-4-8/h6-9,11-12,15,22-23H,1-5H2,(H,16,17,19)/t9-,11-,12-,15-/m1/s1. The van der Waals surface area contributed by atoms with Gasteiger partial charge in [0.15, 0.2) is 17.7 Å². The Kier molecular flexibility index (Phi) is 4.76. The first-order valence-electron chi connectivity index (χ1n) is 8.77. The number of fused-ring (bicyclic) bond motifs is 1. The fourth-order valence-corrected chi connectivity index (χ4v) is 3.67. The summed E-state index contributed by atoms with van der Waals surface area (Å²) >= 11 is 0. The Morgan fingerprint density at radius 3 is 2.81 bits per heavy atom. The molecule has 146 valence electrons. The molecule has 0 bridgehead atoms. The van der Waals surface area contributed by atoms with Crippen molar-refractivity contribution in [3.8, 4) is 0 Å². The molecule has 1 aliphatic carbocycles. The van der Waals surface area contributed by atoms with Crippen LogP contribution in [-0.2, 0) is 9.57 Å². The summed E-state index contributed by atoms with van der Waals surface area (Å²) in [6, 6.07) is 0.299. The summed E-state index contributed by atoms with van der Waals surface area (Å²) in [6.07, 6.45) is 2.53. The number of aliphatic hydroxyl groups excluding tert-OH is 2. The Morgan fingerprint density at radius 2 is 2.07 bits per heavy atom. The van der Waals surface area contributed by atoms with Crippen molar-refractivity contribution in [3.63, 3.8) is 0 Å². The predicted molar refractivity (Wildman–Crippen MR) is 90.1 cm³/mol. The average Bonchev–Trinajstić information content (AvgIpc) is 3.36. The van der Waals surface area contributed by atoms with Gasteiger partial charge in [-0.2, -0.15) is 0 Å². The first kappa shape index (κ1) is 17.8. The van der Waals surface area contributed by atoms with Gasteiger partial charge in [0.05, 0.1) is 0 Å². The lowest BCUT2D eigenvalue weighted by Gasteiger charge is -2.19. The Hall–Kier alpha value is -2.57. The van der Waals surface area contributed by atoms with E-state index in [1.54, 1.807) is 0 Å². The van der Waals surface area contributed by atoms with Gasteiger partial charge in [0.1, 0.15) is 43.1 Å². The number of ether oxygens (including phenoxy) is 1. The fraction of sp³-hybridized carbons (Fsp3) is 0.667. The molecule has 1 saturated carbocycles. The van der Waals surface area contributed by atoms with Crippen LogP contribution < -0.4 is 5.32 Å². The topological polar surface area (TPSA) is 158 Å². The second kappa shape index (κ2) is 7.21. The molecule has 2 aromatic heterocycles. The van der Waals surface area contributed by atoms with Crippen LogP contribution in [-0.4, -0.2) is 65.8 Å². The molecule has 1 saturated heterocycles. The molecule has 0 radical (unpaired) electrons. The summed E-state index contributed by atoms with van der Waals surface area (Å²) in [5, 5.41) is 33.3. The van der Waals surface area contributed by atoms with Gasteiger partial charge >= 0.3 is 0 Å². The third kappa shape index (κ3) is 3.38. The maximum atomic E-state index is 10.4. The summed E-state index contributed by atoms with van der Waals surface area (Å²) in [5.41, 5.74) is 0.956. The van der Waals surface area contributed by atoms with E-state index in [-0.39, 0.29) is 0 Å². The highest BCUT2D eigenvalue weighted by Crippen LogP contribution is 2.34. The van der Waals surface area contributed by atoms with Gasteiger partial charge in [-0.15, -0.1) is 10.1 Å². The minimum Gasteiger partial charge on any atom is -0.387 e. The first-order valence-corrected chi connectivity index (χ1v) is 8.77. The lowest BCUT2D eigenvalue weighted by atomic mass is 10.1. The number of hydrogen-bond acceptors (Lipinski definition) is 10. The SMILES string of the molecule is O=[N+]([O-])OC[C@H]1O[C@@H](n2cnc3ncnc(NC4CCCC4)c32)[C@H](O)[C@@H]1O. The van der Waals surface area contributed by atoms with Gasteiger partial charge in [0.25, 0.3) is 5.09 Å². The quantitative estimate of drug-likeness (QED) is 0.460. The van der Waals surface area contributed by atoms with Crippen molar-refractivity contribution in [2.45, 2.75) is 56.3 Å². The van der Waals surface area contributed by atoms with E-state index in [9.17, 15) is 20.3 Å². The lowest BCUT2D eigenvalue weighted by molar-refractivity contribution is -0.759. The molecule has 27 heavy (non-hydrogen) atoms. The minimum absolute atomic E-state index is 0.299. The zero-order chi connectivity index (χ0) is 19.0. The summed E-state index contributed by atoms with van der Waals surface area (Å²) < 4.78 is 7.16. The highest BCUT2D eigenvalue weighted by Gasteiger charge is 2.45. The van der Waals surface area contributed by atoms with E-state index in [2.05, 4.69) is 25.1 Å². The van der Waals surface area contributed by atoms with Gasteiger partial charge in [-0.3, -0.25) is 4.57 Å². The average molecular weight is 380 g/mol. The normalized spacial score (nSPS) is 28.7. The van der Waals surface area contributed by atoms with Crippen LogP contribution in [0, 0.1) is 10.1 Å². The van der Waals surface area contributed by atoms with E-state index in [1.165, 1.54) is 17.2 Å². The third-order valence-electron chi connectivity index (χ3n) is 5.02. The van der Waals surface area contributed by atoms with E-state index in [4.69, 9.17) is 4.74 Å². The van der Waals surface area contributed by atoms with Crippen LogP contribution in [0.2, 0.25) is 0 Å². The number of anilines is 1. The molecule has 0 unspecified atom stereocenters. The Labute approximate surface area is 153 Å². The number of aliphatic hydroxyl groups is 2. The second-order valence-corrected chi connectivity index (χ2v) is 6.74. The molecule has 4 atom stereocenters. The van der Waals surface area contributed by atoms with E-state index in [0.29, 0.717) is 23.0 Å². The van der Waals surface area contributed by atoms with Crippen molar-refractivity contribution in [2.24, 2.45) is 0 Å². The van der Waals surface area contributed by atoms with Gasteiger partial charge in [-0.25, -0.2) is 15.0 Å². The molecule has 0 spiro atoms. The molecule has 3 N–H and O–H groups in total. The van der Waals surface area contributed by atoms with Crippen molar-refractivity contribution in [2.75, 3.05) is 11.9 Å². The van der Waals surface area contributed by atoms with Crippen LogP contribution in [0.1, 0.15) is 31.9 Å². The van der Waals surface area contributed by atoms with Gasteiger partial charge in [0, 0.05) is 6.04 Å². The first-order chi connectivity index (χ1) is 13.0. The maximum Gasteiger partial charge on any atom is 0.294 e. The number of hydrogen-bond donors (Lipinski definition) is 3. The molecule has 2 aromatic rings. The zero-order valence-corrected chi connectivity index (χ0v) is 14.3. The highest BCUT2D eigenvalue weighted by molar-refractivity contribution is 5.83. The van der Waals surface area contributed by atoms with Gasteiger partial charge in [0.2, 0.25) is 0 Å². The fourth-order valence-electron chi connectivity index (χ4n) is 3.67. The molecule has 1 aliphatic heterocycles. The molecular formula is C15H20N6O6. The van der Waals surface area contributed by atoms with E-state index < -0.39 is 36.2 Å². The van der Waals surface area contributed by atoms with Crippen molar-refractivity contribution in [1.82, 2.24) is 19.5 Å². The van der Waals surface area contributed by atoms with Crippen LogP contribution in [0.3, 0.4) is 0 Å². The highest BCUT2D eigenvalue weighted by atomic mass is 17.0. The van der Waals surface area contributed by atoms with Crippen molar-refractivity contribution in [3.05, 3.63) is 22.8 Å². The summed E-state index contributed by atoms with van der Waals surface area (Å²) in [7, 11) is 0. The summed E-state index contributed by atoms with van der Waals surface area (Å²) in [5.74, 6) is 0.569. The number of nitrogens with one attached hydrogen (secondary N) is 1. The molecule has 12 nitrogen and oxygen atoms in total. The number of aromatic nitrogens is 4.